The highest BCUT2D eigenvalue weighted by molar-refractivity contribution is 7.98. The molecular weight excluding hydrogens is 254 g/mol. The molecule has 3 nitrogen and oxygen atoms in total. The number of likely N-dealkylation sites (tertiary alicyclic amines) is 1. The predicted molar refractivity (Wildman–Crippen MR) is 83.8 cm³/mol. The monoisotopic (exact) mass is 281 g/mol. The summed E-state index contributed by atoms with van der Waals surface area (Å²) in [6.45, 7) is 9.99. The SMILES string of the molecule is CCCn1nc(C)c(CN2CCCC2CSC)c1C. The molecule has 0 bridgehead atoms. The average molecular weight is 281 g/mol. The Morgan fingerprint density at radius 2 is 2.16 bits per heavy atom. The molecule has 4 heteroatoms. The van der Waals surface area contributed by atoms with Crippen LogP contribution in [0.15, 0.2) is 0 Å². The van der Waals surface area contributed by atoms with Crippen LogP contribution < -0.4 is 0 Å². The molecule has 2 rings (SSSR count). The van der Waals surface area contributed by atoms with Gasteiger partial charge in [0.1, 0.15) is 0 Å². The number of aryl methyl sites for hydroxylation is 2. The van der Waals surface area contributed by atoms with Crippen molar-refractivity contribution in [2.75, 3.05) is 18.6 Å². The molecule has 0 aliphatic carbocycles. The molecule has 19 heavy (non-hydrogen) atoms. The maximum absolute atomic E-state index is 4.70. The number of rotatable bonds is 6. The topological polar surface area (TPSA) is 21.1 Å². The van der Waals surface area contributed by atoms with Crippen LogP contribution >= 0.6 is 11.8 Å². The van der Waals surface area contributed by atoms with Gasteiger partial charge in [0.05, 0.1) is 5.69 Å². The number of hydrogen-bond acceptors (Lipinski definition) is 3. The quantitative estimate of drug-likeness (QED) is 0.799. The van der Waals surface area contributed by atoms with E-state index in [4.69, 9.17) is 5.10 Å². The van der Waals surface area contributed by atoms with Crippen LogP contribution in [0.3, 0.4) is 0 Å². The molecule has 1 aromatic rings. The second-order valence-corrected chi connectivity index (χ2v) is 6.51. The van der Waals surface area contributed by atoms with Gasteiger partial charge in [0.15, 0.2) is 0 Å². The van der Waals surface area contributed by atoms with Crippen molar-refractivity contribution in [3.63, 3.8) is 0 Å². The minimum Gasteiger partial charge on any atom is -0.295 e. The Balaban J connectivity index is 2.10. The maximum atomic E-state index is 4.70. The highest BCUT2D eigenvalue weighted by Crippen LogP contribution is 2.25. The summed E-state index contributed by atoms with van der Waals surface area (Å²) in [4.78, 5) is 2.66. The van der Waals surface area contributed by atoms with Crippen molar-refractivity contribution in [3.05, 3.63) is 17.0 Å². The molecule has 1 unspecified atom stereocenters. The normalized spacial score (nSPS) is 20.3. The van der Waals surface area contributed by atoms with Crippen molar-refractivity contribution in [2.45, 2.75) is 59.2 Å². The molecule has 1 fully saturated rings. The zero-order valence-corrected chi connectivity index (χ0v) is 13.6. The van der Waals surface area contributed by atoms with E-state index < -0.39 is 0 Å². The van der Waals surface area contributed by atoms with E-state index in [1.807, 2.05) is 11.8 Å². The van der Waals surface area contributed by atoms with Gasteiger partial charge in [-0.1, -0.05) is 6.92 Å². The van der Waals surface area contributed by atoms with Crippen molar-refractivity contribution in [2.24, 2.45) is 0 Å². The highest BCUT2D eigenvalue weighted by atomic mass is 32.2. The molecule has 108 valence electrons. The van der Waals surface area contributed by atoms with Gasteiger partial charge < -0.3 is 0 Å². The van der Waals surface area contributed by atoms with Crippen molar-refractivity contribution < 1.29 is 0 Å². The highest BCUT2D eigenvalue weighted by Gasteiger charge is 2.25. The lowest BCUT2D eigenvalue weighted by Gasteiger charge is -2.24. The van der Waals surface area contributed by atoms with Crippen LogP contribution in [0.25, 0.3) is 0 Å². The molecule has 1 aliphatic rings. The lowest BCUT2D eigenvalue weighted by atomic mass is 10.1. The molecule has 1 aliphatic heterocycles. The Morgan fingerprint density at radius 1 is 1.37 bits per heavy atom. The van der Waals surface area contributed by atoms with E-state index in [-0.39, 0.29) is 0 Å². The zero-order valence-electron chi connectivity index (χ0n) is 12.8. The first kappa shape index (κ1) is 14.9. The van der Waals surface area contributed by atoms with E-state index in [0.717, 1.165) is 25.6 Å². The predicted octanol–water partition coefficient (Wildman–Crippen LogP) is 3.24. The van der Waals surface area contributed by atoms with Gasteiger partial charge in [-0.25, -0.2) is 0 Å². The second-order valence-electron chi connectivity index (χ2n) is 5.59. The molecule has 1 atom stereocenters. The Morgan fingerprint density at radius 3 is 2.84 bits per heavy atom. The van der Waals surface area contributed by atoms with E-state index in [1.54, 1.807) is 0 Å². The third-order valence-electron chi connectivity index (χ3n) is 4.19. The maximum Gasteiger partial charge on any atom is 0.0641 e. The van der Waals surface area contributed by atoms with Gasteiger partial charge in [-0.15, -0.1) is 0 Å². The molecule has 0 amide bonds. The summed E-state index contributed by atoms with van der Waals surface area (Å²) >= 11 is 1.97. The largest absolute Gasteiger partial charge is 0.295 e. The van der Waals surface area contributed by atoms with Crippen molar-refractivity contribution in [1.29, 1.82) is 0 Å². The lowest BCUT2D eigenvalue weighted by molar-refractivity contribution is 0.263. The van der Waals surface area contributed by atoms with Crippen LogP contribution in [-0.2, 0) is 13.1 Å². The van der Waals surface area contributed by atoms with Crippen LogP contribution in [0, 0.1) is 13.8 Å². The van der Waals surface area contributed by atoms with Crippen LogP contribution in [0.5, 0.6) is 0 Å². The number of hydrogen-bond donors (Lipinski definition) is 0. The third kappa shape index (κ3) is 3.34. The van der Waals surface area contributed by atoms with Gasteiger partial charge in [-0.05, 0) is 45.9 Å². The molecule has 0 saturated carbocycles. The Bertz CT molecular complexity index is 414. The van der Waals surface area contributed by atoms with Gasteiger partial charge in [-0.3, -0.25) is 9.58 Å². The van der Waals surface area contributed by atoms with Crippen molar-refractivity contribution in [3.8, 4) is 0 Å². The van der Waals surface area contributed by atoms with Gasteiger partial charge >= 0.3 is 0 Å². The Hall–Kier alpha value is -0.480. The summed E-state index contributed by atoms with van der Waals surface area (Å²) in [6.07, 6.45) is 6.08. The summed E-state index contributed by atoms with van der Waals surface area (Å²) in [5, 5.41) is 4.70. The van der Waals surface area contributed by atoms with Crippen LogP contribution in [0.2, 0.25) is 0 Å². The van der Waals surface area contributed by atoms with E-state index in [9.17, 15) is 0 Å². The Labute approximate surface area is 121 Å². The summed E-state index contributed by atoms with van der Waals surface area (Å²) in [5.41, 5.74) is 4.05. The minimum absolute atomic E-state index is 0.767. The lowest BCUT2D eigenvalue weighted by Crippen LogP contribution is -2.31. The molecule has 0 spiro atoms. The molecule has 1 saturated heterocycles. The third-order valence-corrected chi connectivity index (χ3v) is 4.90. The smallest absolute Gasteiger partial charge is 0.0641 e. The van der Waals surface area contributed by atoms with Crippen LogP contribution in [0.4, 0.5) is 0 Å². The standard InChI is InChI=1S/C15H27N3S/c1-5-8-18-13(3)15(12(2)16-18)10-17-9-6-7-14(17)11-19-4/h14H,5-11H2,1-4H3. The fraction of sp³-hybridized carbons (Fsp3) is 0.800. The molecule has 0 N–H and O–H groups in total. The first-order valence-corrected chi connectivity index (χ1v) is 8.82. The van der Waals surface area contributed by atoms with Crippen LogP contribution in [-0.4, -0.2) is 39.3 Å². The van der Waals surface area contributed by atoms with Gasteiger partial charge in [0, 0.05) is 36.1 Å². The summed E-state index contributed by atoms with van der Waals surface area (Å²) in [5.74, 6) is 1.27. The molecule has 2 heterocycles. The average Bonchev–Trinajstić information content (AvgIpc) is 2.91. The molecule has 1 aromatic heterocycles. The van der Waals surface area contributed by atoms with E-state index >= 15 is 0 Å². The molecular formula is C15H27N3S. The zero-order chi connectivity index (χ0) is 13.8. The van der Waals surface area contributed by atoms with Gasteiger partial charge in [0.2, 0.25) is 0 Å². The van der Waals surface area contributed by atoms with Gasteiger partial charge in [-0.2, -0.15) is 16.9 Å². The van der Waals surface area contributed by atoms with E-state index in [2.05, 4.69) is 36.6 Å². The fourth-order valence-corrected chi connectivity index (χ4v) is 3.84. The van der Waals surface area contributed by atoms with Crippen molar-refractivity contribution in [1.82, 2.24) is 14.7 Å². The van der Waals surface area contributed by atoms with E-state index in [1.165, 1.54) is 42.1 Å². The first-order valence-electron chi connectivity index (χ1n) is 7.43. The summed E-state index contributed by atoms with van der Waals surface area (Å²) in [7, 11) is 0. The number of thioether (sulfide) groups is 1. The Kier molecular flexibility index (Phi) is 5.34. The van der Waals surface area contributed by atoms with Crippen molar-refractivity contribution >= 4 is 11.8 Å². The number of aromatic nitrogens is 2. The van der Waals surface area contributed by atoms with E-state index in [0.29, 0.717) is 0 Å². The summed E-state index contributed by atoms with van der Waals surface area (Å²) < 4.78 is 2.18. The summed E-state index contributed by atoms with van der Waals surface area (Å²) in [6, 6.07) is 0.767. The molecule has 0 radical (unpaired) electrons. The fourth-order valence-electron chi connectivity index (χ4n) is 3.08. The minimum atomic E-state index is 0.767. The molecule has 0 aromatic carbocycles. The van der Waals surface area contributed by atoms with Gasteiger partial charge in [0.25, 0.3) is 0 Å². The number of nitrogens with zero attached hydrogens (tertiary/aromatic N) is 3. The van der Waals surface area contributed by atoms with Crippen LogP contribution in [0.1, 0.15) is 43.1 Å². The first-order chi connectivity index (χ1) is 9.17. The second kappa shape index (κ2) is 6.80.